The molecule has 4 heteroatoms. The molecule has 0 fully saturated rings. The Balaban J connectivity index is 2.24. The average molecular weight is 313 g/mol. The molecule has 0 amide bonds. The van der Waals surface area contributed by atoms with Gasteiger partial charge in [-0.1, -0.05) is 19.4 Å². The smallest absolute Gasteiger partial charge is 0.203 e. The summed E-state index contributed by atoms with van der Waals surface area (Å²) in [6, 6.07) is 12.6. The molecule has 2 rings (SSSR count). The highest BCUT2D eigenvalue weighted by Gasteiger charge is 2.23. The van der Waals surface area contributed by atoms with Gasteiger partial charge in [-0.15, -0.1) is 0 Å². The summed E-state index contributed by atoms with van der Waals surface area (Å²) in [6.45, 7) is 3.93. The van der Waals surface area contributed by atoms with Crippen molar-refractivity contribution in [1.82, 2.24) is 0 Å². The van der Waals surface area contributed by atoms with E-state index in [1.807, 2.05) is 32.0 Å². The minimum absolute atomic E-state index is 0.0190. The number of rotatable bonds is 7. The van der Waals surface area contributed by atoms with E-state index in [0.717, 1.165) is 17.7 Å². The van der Waals surface area contributed by atoms with Crippen molar-refractivity contribution in [3.05, 3.63) is 53.6 Å². The first-order valence-electron chi connectivity index (χ1n) is 7.76. The normalized spacial score (nSPS) is 11.8. The molecule has 2 aromatic carbocycles. The fourth-order valence-electron chi connectivity index (χ4n) is 2.47. The van der Waals surface area contributed by atoms with Crippen LogP contribution in [-0.4, -0.2) is 19.0 Å². The van der Waals surface area contributed by atoms with Crippen molar-refractivity contribution in [1.29, 1.82) is 0 Å². The summed E-state index contributed by atoms with van der Waals surface area (Å²) in [4.78, 5) is 12.8. The zero-order chi connectivity index (χ0) is 16.8. The van der Waals surface area contributed by atoms with Gasteiger partial charge >= 0.3 is 0 Å². The number of ether oxygens (including phenoxy) is 2. The number of ketones is 1. The van der Waals surface area contributed by atoms with Gasteiger partial charge in [-0.25, -0.2) is 0 Å². The number of hydrogen-bond donors (Lipinski definition) is 1. The van der Waals surface area contributed by atoms with Gasteiger partial charge in [0.1, 0.15) is 11.5 Å². The monoisotopic (exact) mass is 313 g/mol. The summed E-state index contributed by atoms with van der Waals surface area (Å²) in [7, 11) is 1.61. The van der Waals surface area contributed by atoms with Crippen LogP contribution in [0.3, 0.4) is 0 Å². The minimum Gasteiger partial charge on any atom is -0.497 e. The zero-order valence-corrected chi connectivity index (χ0v) is 13.8. The van der Waals surface area contributed by atoms with E-state index in [1.165, 1.54) is 0 Å². The Morgan fingerprint density at radius 2 is 1.96 bits per heavy atom. The van der Waals surface area contributed by atoms with Gasteiger partial charge in [-0.3, -0.25) is 4.79 Å². The summed E-state index contributed by atoms with van der Waals surface area (Å²) >= 11 is 0. The molecule has 0 aliphatic carbocycles. The fourth-order valence-corrected chi connectivity index (χ4v) is 2.47. The zero-order valence-electron chi connectivity index (χ0n) is 13.8. The van der Waals surface area contributed by atoms with Gasteiger partial charge in [0.05, 0.1) is 7.11 Å². The summed E-state index contributed by atoms with van der Waals surface area (Å²) in [5, 5.41) is 0. The van der Waals surface area contributed by atoms with Gasteiger partial charge in [0.15, 0.2) is 6.10 Å². The molecule has 0 aliphatic heterocycles. The van der Waals surface area contributed by atoms with Crippen LogP contribution in [0.1, 0.15) is 35.7 Å². The van der Waals surface area contributed by atoms with Gasteiger partial charge in [-0.2, -0.15) is 0 Å². The number of carbonyl (C=O) groups is 1. The van der Waals surface area contributed by atoms with Crippen LogP contribution in [0.2, 0.25) is 0 Å². The van der Waals surface area contributed by atoms with Crippen LogP contribution < -0.4 is 15.2 Å². The van der Waals surface area contributed by atoms with Crippen LogP contribution in [-0.2, 0) is 0 Å². The Morgan fingerprint density at radius 3 is 2.57 bits per heavy atom. The molecular formula is C19H23NO3. The van der Waals surface area contributed by atoms with Gasteiger partial charge in [-0.05, 0) is 49.2 Å². The quantitative estimate of drug-likeness (QED) is 0.619. The molecule has 1 unspecified atom stereocenters. The maximum Gasteiger partial charge on any atom is 0.203 e. The summed E-state index contributed by atoms with van der Waals surface area (Å²) in [5.74, 6) is 1.33. The number of nitrogens with two attached hydrogens (primary N) is 1. The number of benzene rings is 2. The number of Topliss-reactive ketones (excluding diaryl/α,β-unsaturated/α-hetero) is 1. The third-order valence-corrected chi connectivity index (χ3v) is 3.68. The third-order valence-electron chi connectivity index (χ3n) is 3.68. The van der Waals surface area contributed by atoms with E-state index >= 15 is 0 Å². The van der Waals surface area contributed by atoms with Crippen LogP contribution >= 0.6 is 0 Å². The Morgan fingerprint density at radius 1 is 1.17 bits per heavy atom. The van der Waals surface area contributed by atoms with Crippen LogP contribution in [0.5, 0.6) is 11.5 Å². The molecule has 23 heavy (non-hydrogen) atoms. The molecule has 0 saturated heterocycles. The van der Waals surface area contributed by atoms with E-state index in [9.17, 15) is 4.79 Å². The first-order chi connectivity index (χ1) is 11.0. The number of aryl methyl sites for hydroxylation is 1. The van der Waals surface area contributed by atoms with Crippen LogP contribution in [0.4, 0.5) is 5.69 Å². The molecular weight excluding hydrogens is 290 g/mol. The van der Waals surface area contributed by atoms with Crippen molar-refractivity contribution in [3.63, 3.8) is 0 Å². The lowest BCUT2D eigenvalue weighted by atomic mass is 9.98. The third kappa shape index (κ3) is 4.25. The Labute approximate surface area is 137 Å². The van der Waals surface area contributed by atoms with Crippen molar-refractivity contribution < 1.29 is 14.3 Å². The summed E-state index contributed by atoms with van der Waals surface area (Å²) in [5.41, 5.74) is 7.93. The number of nitrogen functional groups attached to an aromatic ring is 1. The van der Waals surface area contributed by atoms with Crippen molar-refractivity contribution >= 4 is 11.5 Å². The minimum atomic E-state index is -0.520. The lowest BCUT2D eigenvalue weighted by Gasteiger charge is -2.19. The lowest BCUT2D eigenvalue weighted by Crippen LogP contribution is -2.28. The Bertz CT molecular complexity index is 682. The second kappa shape index (κ2) is 7.68. The van der Waals surface area contributed by atoms with E-state index in [1.54, 1.807) is 31.4 Å². The van der Waals surface area contributed by atoms with E-state index in [4.69, 9.17) is 15.2 Å². The van der Waals surface area contributed by atoms with Crippen molar-refractivity contribution in [2.45, 2.75) is 32.8 Å². The van der Waals surface area contributed by atoms with E-state index < -0.39 is 6.10 Å². The number of carbonyl (C=O) groups excluding carboxylic acids is 1. The highest BCUT2D eigenvalue weighted by Crippen LogP contribution is 2.23. The van der Waals surface area contributed by atoms with Gasteiger partial charge in [0, 0.05) is 17.3 Å². The van der Waals surface area contributed by atoms with Crippen molar-refractivity contribution in [3.8, 4) is 11.5 Å². The molecule has 0 heterocycles. The summed E-state index contributed by atoms with van der Waals surface area (Å²) < 4.78 is 11.1. The highest BCUT2D eigenvalue weighted by molar-refractivity contribution is 6.01. The first kappa shape index (κ1) is 16.9. The molecule has 4 nitrogen and oxygen atoms in total. The standard InChI is InChI=1S/C19H23NO3/c1-4-6-18(23-16-8-5-7-14(20)12-16)19(21)17-10-9-15(22-3)11-13(17)2/h5,7-12,18H,4,6,20H2,1-3H3. The Hall–Kier alpha value is -2.49. The molecule has 0 radical (unpaired) electrons. The Kier molecular flexibility index (Phi) is 5.63. The predicted molar refractivity (Wildman–Crippen MR) is 92.2 cm³/mol. The van der Waals surface area contributed by atoms with Crippen LogP contribution in [0.15, 0.2) is 42.5 Å². The van der Waals surface area contributed by atoms with Gasteiger partial charge in [0.2, 0.25) is 5.78 Å². The van der Waals surface area contributed by atoms with Crippen LogP contribution in [0.25, 0.3) is 0 Å². The number of hydrogen-bond acceptors (Lipinski definition) is 4. The second-order valence-corrected chi connectivity index (χ2v) is 5.51. The predicted octanol–water partition coefficient (Wildman–Crippen LogP) is 4.02. The van der Waals surface area contributed by atoms with Crippen molar-refractivity contribution in [2.24, 2.45) is 0 Å². The SMILES string of the molecule is CCCC(Oc1cccc(N)c1)C(=O)c1ccc(OC)cc1C. The summed E-state index contributed by atoms with van der Waals surface area (Å²) in [6.07, 6.45) is 0.987. The maximum absolute atomic E-state index is 12.8. The molecule has 0 aliphatic rings. The topological polar surface area (TPSA) is 61.5 Å². The first-order valence-corrected chi connectivity index (χ1v) is 7.76. The second-order valence-electron chi connectivity index (χ2n) is 5.51. The molecule has 122 valence electrons. The molecule has 1 atom stereocenters. The average Bonchev–Trinajstić information content (AvgIpc) is 2.53. The molecule has 2 aromatic rings. The van der Waals surface area contributed by atoms with E-state index in [0.29, 0.717) is 23.4 Å². The van der Waals surface area contributed by atoms with E-state index in [-0.39, 0.29) is 5.78 Å². The molecule has 0 saturated carbocycles. The van der Waals surface area contributed by atoms with Gasteiger partial charge in [0.25, 0.3) is 0 Å². The maximum atomic E-state index is 12.8. The number of anilines is 1. The van der Waals surface area contributed by atoms with Crippen molar-refractivity contribution in [2.75, 3.05) is 12.8 Å². The van der Waals surface area contributed by atoms with Crippen LogP contribution in [0, 0.1) is 6.92 Å². The molecule has 0 aromatic heterocycles. The largest absolute Gasteiger partial charge is 0.497 e. The highest BCUT2D eigenvalue weighted by atomic mass is 16.5. The molecule has 0 bridgehead atoms. The lowest BCUT2D eigenvalue weighted by molar-refractivity contribution is 0.0776. The molecule has 2 N–H and O–H groups in total. The number of methoxy groups -OCH3 is 1. The molecule has 0 spiro atoms. The van der Waals surface area contributed by atoms with Gasteiger partial charge < -0.3 is 15.2 Å². The fraction of sp³-hybridized carbons (Fsp3) is 0.316. The van der Waals surface area contributed by atoms with E-state index in [2.05, 4.69) is 0 Å².